The van der Waals surface area contributed by atoms with Crippen molar-refractivity contribution in [1.29, 1.82) is 0 Å². The Morgan fingerprint density at radius 2 is 1.58 bits per heavy atom. The number of aliphatic imine (C=N–C) groups is 1. The van der Waals surface area contributed by atoms with Gasteiger partial charge in [0.05, 0.1) is 0 Å². The third kappa shape index (κ3) is 3.73. The monoisotopic (exact) mass is 364 g/mol. The van der Waals surface area contributed by atoms with Crippen molar-refractivity contribution in [2.24, 2.45) is 10.4 Å². The lowest BCUT2D eigenvalue weighted by molar-refractivity contribution is -0.0166. The predicted molar refractivity (Wildman–Crippen MR) is 104 cm³/mol. The van der Waals surface area contributed by atoms with Gasteiger partial charge in [-0.15, -0.1) is 0 Å². The molecule has 0 atom stereocenters. The average molecular weight is 365 g/mol. The summed E-state index contributed by atoms with van der Waals surface area (Å²) in [6.07, 6.45) is 8.64. The van der Waals surface area contributed by atoms with Gasteiger partial charge in [-0.3, -0.25) is 9.89 Å². The second kappa shape index (κ2) is 8.03. The van der Waals surface area contributed by atoms with Gasteiger partial charge in [0, 0.05) is 58.6 Å². The van der Waals surface area contributed by atoms with Crippen LogP contribution in [0.4, 0.5) is 0 Å². The number of nitrogens with one attached hydrogen (secondary N) is 1. The molecule has 4 rings (SSSR count). The van der Waals surface area contributed by atoms with E-state index in [9.17, 15) is 0 Å². The molecule has 26 heavy (non-hydrogen) atoms. The topological polar surface area (TPSA) is 49.3 Å². The Kier molecular flexibility index (Phi) is 5.72. The van der Waals surface area contributed by atoms with E-state index in [2.05, 4.69) is 20.1 Å². The van der Waals surface area contributed by atoms with Crippen LogP contribution >= 0.6 is 0 Å². The minimum atomic E-state index is 0.251. The van der Waals surface area contributed by atoms with Crippen LogP contribution in [0.15, 0.2) is 4.99 Å². The van der Waals surface area contributed by atoms with Crippen LogP contribution in [0.2, 0.25) is 0 Å². The SMILES string of the molecule is CN=C(NCC1(N2CCCC2)CCOCC1)N1CCC2(CCOCC2)C1. The van der Waals surface area contributed by atoms with Crippen LogP contribution in [0.25, 0.3) is 0 Å². The second-order valence-electron chi connectivity index (χ2n) is 8.72. The second-order valence-corrected chi connectivity index (χ2v) is 8.72. The number of guanidine groups is 1. The molecule has 1 spiro atoms. The third-order valence-electron chi connectivity index (χ3n) is 7.28. The first kappa shape index (κ1) is 18.5. The molecule has 4 heterocycles. The van der Waals surface area contributed by atoms with Crippen molar-refractivity contribution in [3.63, 3.8) is 0 Å². The number of likely N-dealkylation sites (tertiary alicyclic amines) is 2. The van der Waals surface area contributed by atoms with Crippen LogP contribution < -0.4 is 5.32 Å². The number of rotatable bonds is 3. The molecule has 6 heteroatoms. The van der Waals surface area contributed by atoms with Crippen LogP contribution in [0.3, 0.4) is 0 Å². The summed E-state index contributed by atoms with van der Waals surface area (Å²) in [5.41, 5.74) is 0.710. The molecule has 4 fully saturated rings. The fourth-order valence-electron chi connectivity index (χ4n) is 5.45. The van der Waals surface area contributed by atoms with E-state index in [4.69, 9.17) is 9.47 Å². The van der Waals surface area contributed by atoms with Crippen LogP contribution in [0, 0.1) is 5.41 Å². The highest BCUT2D eigenvalue weighted by Crippen LogP contribution is 2.39. The van der Waals surface area contributed by atoms with Crippen molar-refractivity contribution in [3.8, 4) is 0 Å². The van der Waals surface area contributed by atoms with Gasteiger partial charge in [0.1, 0.15) is 0 Å². The normalized spacial score (nSPS) is 29.4. The van der Waals surface area contributed by atoms with E-state index in [0.717, 1.165) is 64.9 Å². The molecule has 0 radical (unpaired) electrons. The van der Waals surface area contributed by atoms with Gasteiger partial charge in [0.2, 0.25) is 0 Å². The van der Waals surface area contributed by atoms with E-state index in [1.165, 1.54) is 45.2 Å². The number of hydrogen-bond donors (Lipinski definition) is 1. The molecule has 4 saturated heterocycles. The lowest BCUT2D eigenvalue weighted by Gasteiger charge is -2.45. The molecule has 0 aliphatic carbocycles. The summed E-state index contributed by atoms with van der Waals surface area (Å²) in [5, 5.41) is 3.77. The maximum atomic E-state index is 5.69. The number of ether oxygens (including phenoxy) is 2. The van der Waals surface area contributed by atoms with Crippen molar-refractivity contribution in [2.75, 3.05) is 66.2 Å². The lowest BCUT2D eigenvalue weighted by Crippen LogP contribution is -2.58. The van der Waals surface area contributed by atoms with E-state index in [-0.39, 0.29) is 5.54 Å². The van der Waals surface area contributed by atoms with E-state index in [1.54, 1.807) is 0 Å². The minimum absolute atomic E-state index is 0.251. The smallest absolute Gasteiger partial charge is 0.193 e. The van der Waals surface area contributed by atoms with Gasteiger partial charge in [0.25, 0.3) is 0 Å². The van der Waals surface area contributed by atoms with E-state index in [0.29, 0.717) is 5.41 Å². The third-order valence-corrected chi connectivity index (χ3v) is 7.28. The molecule has 0 saturated carbocycles. The maximum Gasteiger partial charge on any atom is 0.193 e. The molecule has 4 aliphatic heterocycles. The molecular weight excluding hydrogens is 328 g/mol. The molecule has 4 aliphatic rings. The molecule has 1 N–H and O–H groups in total. The Labute approximate surface area is 158 Å². The van der Waals surface area contributed by atoms with Gasteiger partial charge in [0.15, 0.2) is 5.96 Å². The number of hydrogen-bond acceptors (Lipinski definition) is 4. The highest BCUT2D eigenvalue weighted by molar-refractivity contribution is 5.80. The Morgan fingerprint density at radius 1 is 0.923 bits per heavy atom. The van der Waals surface area contributed by atoms with Crippen LogP contribution in [-0.4, -0.2) is 87.5 Å². The minimum Gasteiger partial charge on any atom is -0.381 e. The van der Waals surface area contributed by atoms with Gasteiger partial charge in [-0.05, 0) is 63.5 Å². The summed E-state index contributed by atoms with van der Waals surface area (Å²) in [6.45, 7) is 9.38. The van der Waals surface area contributed by atoms with Crippen LogP contribution in [0.5, 0.6) is 0 Å². The molecule has 0 aromatic heterocycles. The summed E-state index contributed by atoms with van der Waals surface area (Å²) in [6, 6.07) is 0. The van der Waals surface area contributed by atoms with E-state index in [1.807, 2.05) is 7.05 Å². The van der Waals surface area contributed by atoms with Crippen molar-refractivity contribution in [2.45, 2.75) is 50.5 Å². The maximum absolute atomic E-state index is 5.69. The molecule has 0 aromatic rings. The summed E-state index contributed by atoms with van der Waals surface area (Å²) >= 11 is 0. The van der Waals surface area contributed by atoms with Crippen molar-refractivity contribution in [3.05, 3.63) is 0 Å². The first-order chi connectivity index (χ1) is 12.8. The molecule has 0 unspecified atom stereocenters. The standard InChI is InChI=1S/C20H36N4O2/c1-21-18(23-11-4-19(17-23)5-12-25-13-6-19)22-16-20(7-14-26-15-8-20)24-9-2-3-10-24/h2-17H2,1H3,(H,21,22). The molecule has 0 aromatic carbocycles. The predicted octanol–water partition coefficient (Wildman–Crippen LogP) is 1.71. The Bertz CT molecular complexity index is 492. The van der Waals surface area contributed by atoms with Gasteiger partial charge in [-0.2, -0.15) is 0 Å². The largest absolute Gasteiger partial charge is 0.381 e. The fraction of sp³-hybridized carbons (Fsp3) is 0.950. The van der Waals surface area contributed by atoms with Gasteiger partial charge < -0.3 is 19.7 Å². The summed E-state index contributed by atoms with van der Waals surface area (Å²) in [5.74, 6) is 1.10. The quantitative estimate of drug-likeness (QED) is 0.610. The summed E-state index contributed by atoms with van der Waals surface area (Å²) < 4.78 is 11.3. The highest BCUT2D eigenvalue weighted by atomic mass is 16.5. The molecule has 0 amide bonds. The Morgan fingerprint density at radius 3 is 2.23 bits per heavy atom. The lowest BCUT2D eigenvalue weighted by atomic mass is 9.80. The van der Waals surface area contributed by atoms with Gasteiger partial charge >= 0.3 is 0 Å². The average Bonchev–Trinajstić information content (AvgIpc) is 3.35. The molecular formula is C20H36N4O2. The van der Waals surface area contributed by atoms with Crippen molar-refractivity contribution in [1.82, 2.24) is 15.1 Å². The summed E-state index contributed by atoms with van der Waals surface area (Å²) in [7, 11) is 1.93. The zero-order chi connectivity index (χ0) is 17.9. The zero-order valence-electron chi connectivity index (χ0n) is 16.5. The van der Waals surface area contributed by atoms with Gasteiger partial charge in [-0.1, -0.05) is 0 Å². The van der Waals surface area contributed by atoms with Crippen molar-refractivity contribution < 1.29 is 9.47 Å². The number of nitrogens with zero attached hydrogens (tertiary/aromatic N) is 3. The Balaban J connectivity index is 1.38. The van der Waals surface area contributed by atoms with Crippen LogP contribution in [0.1, 0.15) is 44.9 Å². The first-order valence-electron chi connectivity index (χ1n) is 10.6. The molecule has 148 valence electrons. The molecule has 0 bridgehead atoms. The summed E-state index contributed by atoms with van der Waals surface area (Å²) in [4.78, 5) is 9.85. The van der Waals surface area contributed by atoms with Crippen LogP contribution in [-0.2, 0) is 9.47 Å². The first-order valence-corrected chi connectivity index (χ1v) is 10.6. The highest BCUT2D eigenvalue weighted by Gasteiger charge is 2.42. The fourth-order valence-corrected chi connectivity index (χ4v) is 5.45. The molecule has 6 nitrogen and oxygen atoms in total. The van der Waals surface area contributed by atoms with Crippen molar-refractivity contribution >= 4 is 5.96 Å². The van der Waals surface area contributed by atoms with E-state index < -0.39 is 0 Å². The zero-order valence-corrected chi connectivity index (χ0v) is 16.5. The Hall–Kier alpha value is -0.850. The van der Waals surface area contributed by atoms with Gasteiger partial charge in [-0.25, -0.2) is 0 Å². The van der Waals surface area contributed by atoms with E-state index >= 15 is 0 Å².